The smallest absolute Gasteiger partial charge is 0.160 e. The Kier molecular flexibility index (Phi) is 8.54. The fourth-order valence-electron chi connectivity index (χ4n) is 9.10. The fourth-order valence-corrected chi connectivity index (χ4v) is 9.10. The van der Waals surface area contributed by atoms with Crippen LogP contribution in [-0.4, -0.2) is 9.97 Å². The molecule has 0 N–H and O–H groups in total. The predicted octanol–water partition coefficient (Wildman–Crippen LogP) is 15.5. The first-order valence-corrected chi connectivity index (χ1v) is 21.0. The summed E-state index contributed by atoms with van der Waals surface area (Å²) in [5.74, 6) is 0.698. The Bertz CT molecular complexity index is 3090. The van der Waals surface area contributed by atoms with Crippen LogP contribution in [0, 0.1) is 0 Å². The number of hydrogen-bond donors (Lipinski definition) is 0. The van der Waals surface area contributed by atoms with Gasteiger partial charge in [-0.15, -0.1) is 0 Å². The monoisotopic (exact) mass is 766 g/mol. The van der Waals surface area contributed by atoms with Crippen LogP contribution < -0.4 is 0 Å². The lowest BCUT2D eigenvalue weighted by atomic mass is 9.63. The van der Waals surface area contributed by atoms with Crippen LogP contribution in [0.4, 0.5) is 0 Å². The fraction of sp³-hybridized carbons (Fsp3) is 0.214. The molecule has 290 valence electrons. The third-order valence-electron chi connectivity index (χ3n) is 12.9. The van der Waals surface area contributed by atoms with Gasteiger partial charge in [-0.05, 0) is 133 Å². The number of hydrogen-bond acceptors (Lipinski definition) is 3. The molecular formula is C56H50N2O. The van der Waals surface area contributed by atoms with E-state index in [0.29, 0.717) is 5.82 Å². The van der Waals surface area contributed by atoms with Crippen molar-refractivity contribution in [3.05, 3.63) is 168 Å². The molecule has 2 aromatic heterocycles. The summed E-state index contributed by atoms with van der Waals surface area (Å²) in [5.41, 5.74) is 15.7. The van der Waals surface area contributed by atoms with Crippen LogP contribution in [-0.2, 0) is 16.2 Å². The molecule has 59 heavy (non-hydrogen) atoms. The Morgan fingerprint density at radius 3 is 1.78 bits per heavy atom. The van der Waals surface area contributed by atoms with Crippen LogP contribution in [0.5, 0.6) is 0 Å². The Morgan fingerprint density at radius 1 is 0.441 bits per heavy atom. The molecule has 0 radical (unpaired) electrons. The molecule has 2 heterocycles. The highest BCUT2D eigenvalue weighted by Crippen LogP contribution is 2.47. The number of nitrogens with zero attached hydrogens (tertiary/aromatic N) is 2. The molecule has 0 unspecified atom stereocenters. The summed E-state index contributed by atoms with van der Waals surface area (Å²) in [6, 6.07) is 55.0. The summed E-state index contributed by atoms with van der Waals surface area (Å²) in [6.45, 7) is 16.3. The normalized spacial score (nSPS) is 14.8. The second kappa shape index (κ2) is 13.6. The molecule has 0 atom stereocenters. The van der Waals surface area contributed by atoms with Crippen molar-refractivity contribution in [1.82, 2.24) is 9.97 Å². The zero-order valence-corrected chi connectivity index (χ0v) is 35.2. The molecule has 0 saturated heterocycles. The summed E-state index contributed by atoms with van der Waals surface area (Å²) < 4.78 is 6.50. The maximum atomic E-state index is 6.50. The van der Waals surface area contributed by atoms with Crippen LogP contribution in [0.3, 0.4) is 0 Å². The van der Waals surface area contributed by atoms with Gasteiger partial charge in [0.15, 0.2) is 5.82 Å². The molecule has 0 bridgehead atoms. The van der Waals surface area contributed by atoms with Gasteiger partial charge in [-0.3, -0.25) is 0 Å². The van der Waals surface area contributed by atoms with E-state index in [1.165, 1.54) is 45.0 Å². The van der Waals surface area contributed by atoms with Crippen molar-refractivity contribution >= 4 is 32.7 Å². The van der Waals surface area contributed by atoms with Gasteiger partial charge in [-0.25, -0.2) is 9.97 Å². The van der Waals surface area contributed by atoms with Crippen LogP contribution in [0.25, 0.3) is 88.9 Å². The third kappa shape index (κ3) is 6.73. The molecule has 7 aromatic carbocycles. The Labute approximate surface area is 347 Å². The lowest BCUT2D eigenvalue weighted by molar-refractivity contribution is 0.332. The van der Waals surface area contributed by atoms with Crippen molar-refractivity contribution in [1.29, 1.82) is 0 Å². The average molecular weight is 767 g/mol. The van der Waals surface area contributed by atoms with E-state index in [1.807, 2.05) is 0 Å². The van der Waals surface area contributed by atoms with E-state index in [0.717, 1.165) is 67.6 Å². The minimum Gasteiger partial charge on any atom is -0.456 e. The quantitative estimate of drug-likeness (QED) is 0.175. The van der Waals surface area contributed by atoms with E-state index >= 15 is 0 Å². The van der Waals surface area contributed by atoms with Gasteiger partial charge in [0.2, 0.25) is 0 Å². The highest BCUT2D eigenvalue weighted by Gasteiger charge is 2.37. The lowest BCUT2D eigenvalue weighted by Gasteiger charge is -2.42. The van der Waals surface area contributed by atoms with Crippen molar-refractivity contribution in [2.45, 2.75) is 77.6 Å². The van der Waals surface area contributed by atoms with Gasteiger partial charge in [0.05, 0.1) is 11.4 Å². The molecule has 0 fully saturated rings. The maximum absolute atomic E-state index is 6.50. The van der Waals surface area contributed by atoms with Crippen molar-refractivity contribution < 1.29 is 4.42 Å². The molecule has 1 aliphatic carbocycles. The third-order valence-corrected chi connectivity index (χ3v) is 12.9. The second-order valence-corrected chi connectivity index (χ2v) is 19.0. The molecule has 3 heteroatoms. The molecule has 10 rings (SSSR count). The van der Waals surface area contributed by atoms with Gasteiger partial charge in [0.1, 0.15) is 11.2 Å². The molecule has 9 aromatic rings. The van der Waals surface area contributed by atoms with Crippen LogP contribution >= 0.6 is 0 Å². The van der Waals surface area contributed by atoms with Crippen molar-refractivity contribution in [3.8, 4) is 56.2 Å². The lowest BCUT2D eigenvalue weighted by Crippen LogP contribution is -2.33. The Balaban J connectivity index is 1.11. The number of aromatic nitrogens is 2. The largest absolute Gasteiger partial charge is 0.456 e. The summed E-state index contributed by atoms with van der Waals surface area (Å²) in [6.07, 6.45) is 2.33. The molecule has 0 amide bonds. The summed E-state index contributed by atoms with van der Waals surface area (Å²) in [5, 5.41) is 4.69. The molecule has 1 aliphatic rings. The SMILES string of the molecule is CC(C)(C)c1ccc2oc3cc(-c4cc(-c5ccc6c(c5)C(C)(C)CCC6(C)C)nc(-c5cccc(-c6ccc7ccc(-c8ccccc8)cc7c6)c5)n4)ccc3c2c1. The van der Waals surface area contributed by atoms with E-state index in [1.54, 1.807) is 0 Å². The molecule has 0 saturated carbocycles. The van der Waals surface area contributed by atoms with Gasteiger partial charge in [0, 0.05) is 27.5 Å². The first kappa shape index (κ1) is 37.0. The first-order valence-electron chi connectivity index (χ1n) is 21.0. The second-order valence-electron chi connectivity index (χ2n) is 19.0. The van der Waals surface area contributed by atoms with Crippen molar-refractivity contribution in [2.24, 2.45) is 0 Å². The van der Waals surface area contributed by atoms with E-state index in [-0.39, 0.29) is 16.2 Å². The number of furan rings is 1. The highest BCUT2D eigenvalue weighted by molar-refractivity contribution is 6.06. The van der Waals surface area contributed by atoms with E-state index < -0.39 is 0 Å². The summed E-state index contributed by atoms with van der Waals surface area (Å²) in [4.78, 5) is 10.7. The Morgan fingerprint density at radius 2 is 1.05 bits per heavy atom. The summed E-state index contributed by atoms with van der Waals surface area (Å²) in [7, 11) is 0. The van der Waals surface area contributed by atoms with Crippen LogP contribution in [0.1, 0.15) is 78.0 Å². The minimum absolute atomic E-state index is 0.0463. The molecule has 3 nitrogen and oxygen atoms in total. The van der Waals surface area contributed by atoms with Crippen molar-refractivity contribution in [3.63, 3.8) is 0 Å². The zero-order valence-electron chi connectivity index (χ0n) is 35.2. The molecule has 0 aliphatic heterocycles. The van der Waals surface area contributed by atoms with Gasteiger partial charge in [-0.2, -0.15) is 0 Å². The van der Waals surface area contributed by atoms with Gasteiger partial charge < -0.3 is 4.42 Å². The number of fused-ring (bicyclic) bond motifs is 5. The Hall–Kier alpha value is -6.32. The van der Waals surface area contributed by atoms with Gasteiger partial charge in [0.25, 0.3) is 0 Å². The van der Waals surface area contributed by atoms with Gasteiger partial charge in [-0.1, -0.05) is 146 Å². The first-order chi connectivity index (χ1) is 28.3. The van der Waals surface area contributed by atoms with Crippen LogP contribution in [0.15, 0.2) is 156 Å². The van der Waals surface area contributed by atoms with Crippen molar-refractivity contribution in [2.75, 3.05) is 0 Å². The van der Waals surface area contributed by atoms with E-state index in [2.05, 4.69) is 200 Å². The van der Waals surface area contributed by atoms with Gasteiger partial charge >= 0.3 is 0 Å². The average Bonchev–Trinajstić information content (AvgIpc) is 3.62. The molecule has 0 spiro atoms. The topological polar surface area (TPSA) is 38.9 Å². The predicted molar refractivity (Wildman–Crippen MR) is 248 cm³/mol. The standard InChI is InChI=1S/C56H50N2O/c1-54(2,3)44-22-25-51-46(33-44)45-23-20-41(32-52(45)59-51)50-34-49(40-21-24-47-48(31-40)56(6,7)27-26-55(47,4)5)57-53(58-50)42-15-11-14-37(28-42)39-19-17-36-16-18-38(29-43(36)30-39)35-12-9-8-10-13-35/h8-25,28-34H,26-27H2,1-7H3. The maximum Gasteiger partial charge on any atom is 0.160 e. The van der Waals surface area contributed by atoms with Crippen LogP contribution in [0.2, 0.25) is 0 Å². The molecular weight excluding hydrogens is 717 g/mol. The highest BCUT2D eigenvalue weighted by atomic mass is 16.3. The van der Waals surface area contributed by atoms with E-state index in [4.69, 9.17) is 14.4 Å². The van der Waals surface area contributed by atoms with E-state index in [9.17, 15) is 0 Å². The minimum atomic E-state index is 0.0463. The zero-order chi connectivity index (χ0) is 40.7. The number of benzene rings is 7. The number of rotatable bonds is 5. The summed E-state index contributed by atoms with van der Waals surface area (Å²) >= 11 is 0.